The quantitative estimate of drug-likeness (QED) is 0.604. The summed E-state index contributed by atoms with van der Waals surface area (Å²) in [5.41, 5.74) is 3.17. The number of hydrogen-bond acceptors (Lipinski definition) is 4. The molecule has 162 valence electrons. The highest BCUT2D eigenvalue weighted by molar-refractivity contribution is 5.73. The number of pyridine rings is 1. The Morgan fingerprint density at radius 1 is 1.17 bits per heavy atom. The number of carbonyl (C=O) groups excluding carboxylic acids is 1. The summed E-state index contributed by atoms with van der Waals surface area (Å²) in [6, 6.07) is 2.18. The van der Waals surface area contributed by atoms with Crippen LogP contribution in [0, 0.1) is 34.5 Å². The first kappa shape index (κ1) is 20.1. The number of esters is 1. The molecule has 0 bridgehead atoms. The van der Waals surface area contributed by atoms with Gasteiger partial charge in [-0.05, 0) is 97.2 Å². The van der Waals surface area contributed by atoms with Crippen molar-refractivity contribution in [2.75, 3.05) is 13.2 Å². The van der Waals surface area contributed by atoms with Gasteiger partial charge >= 0.3 is 5.97 Å². The molecule has 1 aromatic heterocycles. The highest BCUT2D eigenvalue weighted by Crippen LogP contribution is 2.66. The van der Waals surface area contributed by atoms with Crippen LogP contribution < -0.4 is 4.74 Å². The molecule has 0 spiro atoms. The van der Waals surface area contributed by atoms with Crippen LogP contribution >= 0.6 is 0 Å². The number of cyclic esters (lactones) is 1. The average molecular weight is 410 g/mol. The minimum atomic E-state index is 0.0225. The maximum Gasteiger partial charge on any atom is 0.306 e. The molecule has 0 N–H and O–H groups in total. The maximum atomic E-state index is 12.1. The zero-order valence-electron chi connectivity index (χ0n) is 18.7. The molecule has 2 saturated carbocycles. The Morgan fingerprint density at radius 3 is 2.87 bits per heavy atom. The molecule has 30 heavy (non-hydrogen) atoms. The van der Waals surface area contributed by atoms with Crippen molar-refractivity contribution < 1.29 is 14.3 Å². The molecule has 4 nitrogen and oxygen atoms in total. The van der Waals surface area contributed by atoms with E-state index < -0.39 is 0 Å². The third kappa shape index (κ3) is 3.01. The Kier molecular flexibility index (Phi) is 4.95. The molecule has 1 aromatic rings. The van der Waals surface area contributed by atoms with E-state index >= 15 is 0 Å². The first-order chi connectivity index (χ1) is 14.5. The highest BCUT2D eigenvalue weighted by Gasteiger charge is 2.58. The van der Waals surface area contributed by atoms with Crippen LogP contribution in [0.3, 0.4) is 0 Å². The van der Waals surface area contributed by atoms with E-state index in [4.69, 9.17) is 9.47 Å². The van der Waals surface area contributed by atoms with E-state index in [1.54, 1.807) is 0 Å². The van der Waals surface area contributed by atoms with E-state index in [9.17, 15) is 4.79 Å². The van der Waals surface area contributed by atoms with Gasteiger partial charge in [-0.1, -0.05) is 19.9 Å². The summed E-state index contributed by atoms with van der Waals surface area (Å²) in [6.45, 7) is 8.26. The second-order valence-corrected chi connectivity index (χ2v) is 10.5. The third-order valence-electron chi connectivity index (χ3n) is 9.30. The van der Waals surface area contributed by atoms with Crippen molar-refractivity contribution in [1.29, 1.82) is 0 Å². The van der Waals surface area contributed by atoms with Crippen LogP contribution in [-0.2, 0) is 9.53 Å². The van der Waals surface area contributed by atoms with Crippen molar-refractivity contribution >= 4 is 11.5 Å². The van der Waals surface area contributed by atoms with Crippen LogP contribution in [0.2, 0.25) is 0 Å². The standard InChI is InChI=1S/C26H35NO3/c1-4-29-19-13-17(15-27-16-19)21-7-8-22-20-6-5-18-14-24(28)30-12-11-25(18,2)23(20)9-10-26(21,22)3/h7,13,15-16,18,20,22-23H,4-6,8-12,14H2,1-3H3. The van der Waals surface area contributed by atoms with Gasteiger partial charge in [0.15, 0.2) is 0 Å². The lowest BCUT2D eigenvalue weighted by Crippen LogP contribution is -2.51. The van der Waals surface area contributed by atoms with Crippen LogP contribution in [0.25, 0.3) is 5.57 Å². The van der Waals surface area contributed by atoms with Gasteiger partial charge in [0, 0.05) is 12.6 Å². The van der Waals surface area contributed by atoms with Crippen LogP contribution in [0.5, 0.6) is 5.75 Å². The largest absolute Gasteiger partial charge is 0.492 e. The van der Waals surface area contributed by atoms with Crippen LogP contribution in [0.15, 0.2) is 24.5 Å². The molecule has 4 heteroatoms. The van der Waals surface area contributed by atoms with E-state index in [2.05, 4.69) is 31.0 Å². The smallest absolute Gasteiger partial charge is 0.306 e. The van der Waals surface area contributed by atoms with Gasteiger partial charge in [-0.2, -0.15) is 0 Å². The molecule has 1 aliphatic heterocycles. The highest BCUT2D eigenvalue weighted by atomic mass is 16.5. The number of allylic oxidation sites excluding steroid dienone is 2. The first-order valence-corrected chi connectivity index (χ1v) is 11.9. The Hall–Kier alpha value is -1.84. The van der Waals surface area contributed by atoms with E-state index in [-0.39, 0.29) is 16.8 Å². The number of carbonyl (C=O) groups is 1. The number of hydrogen-bond donors (Lipinski definition) is 0. The predicted octanol–water partition coefficient (Wildman–Crippen LogP) is 5.67. The van der Waals surface area contributed by atoms with E-state index in [0.29, 0.717) is 37.4 Å². The maximum absolute atomic E-state index is 12.1. The Morgan fingerprint density at radius 2 is 2.03 bits per heavy atom. The van der Waals surface area contributed by atoms with Crippen LogP contribution in [0.1, 0.15) is 71.3 Å². The molecule has 6 unspecified atom stereocenters. The summed E-state index contributed by atoms with van der Waals surface area (Å²) in [6.07, 6.45) is 14.1. The molecule has 4 aliphatic rings. The van der Waals surface area contributed by atoms with Gasteiger partial charge in [0.1, 0.15) is 5.75 Å². The lowest BCUT2D eigenvalue weighted by molar-refractivity contribution is -0.143. The fourth-order valence-corrected chi connectivity index (χ4v) is 7.73. The molecule has 3 aliphatic carbocycles. The minimum absolute atomic E-state index is 0.0225. The van der Waals surface area contributed by atoms with Gasteiger partial charge < -0.3 is 9.47 Å². The number of fused-ring (bicyclic) bond motifs is 5. The van der Waals surface area contributed by atoms with Crippen molar-refractivity contribution in [2.45, 2.75) is 65.7 Å². The molecule has 1 saturated heterocycles. The Labute approximate surface area is 180 Å². The lowest BCUT2D eigenvalue weighted by Gasteiger charge is -2.58. The summed E-state index contributed by atoms with van der Waals surface area (Å²) in [4.78, 5) is 16.6. The van der Waals surface area contributed by atoms with Crippen molar-refractivity contribution in [1.82, 2.24) is 4.98 Å². The van der Waals surface area contributed by atoms with Gasteiger partial charge in [0.2, 0.25) is 0 Å². The number of aromatic nitrogens is 1. The Balaban J connectivity index is 1.42. The summed E-state index contributed by atoms with van der Waals surface area (Å²) in [5, 5.41) is 0. The third-order valence-corrected chi connectivity index (χ3v) is 9.30. The average Bonchev–Trinajstić information content (AvgIpc) is 2.99. The molecule has 0 aromatic carbocycles. The summed E-state index contributed by atoms with van der Waals surface area (Å²) >= 11 is 0. The first-order valence-electron chi connectivity index (χ1n) is 11.9. The minimum Gasteiger partial charge on any atom is -0.492 e. The van der Waals surface area contributed by atoms with Gasteiger partial charge in [-0.15, -0.1) is 0 Å². The van der Waals surface area contributed by atoms with Crippen LogP contribution in [-0.4, -0.2) is 24.2 Å². The number of rotatable bonds is 3. The summed E-state index contributed by atoms with van der Waals surface area (Å²) in [5.74, 6) is 3.54. The predicted molar refractivity (Wildman–Crippen MR) is 117 cm³/mol. The molecular formula is C26H35NO3. The summed E-state index contributed by atoms with van der Waals surface area (Å²) in [7, 11) is 0. The zero-order chi connectivity index (χ0) is 20.9. The van der Waals surface area contributed by atoms with Gasteiger partial charge in [-0.25, -0.2) is 0 Å². The second-order valence-electron chi connectivity index (χ2n) is 10.5. The topological polar surface area (TPSA) is 48.4 Å². The fourth-order valence-electron chi connectivity index (χ4n) is 7.73. The van der Waals surface area contributed by atoms with E-state index in [1.165, 1.54) is 43.2 Å². The molecular weight excluding hydrogens is 374 g/mol. The zero-order valence-corrected chi connectivity index (χ0v) is 18.7. The molecule has 0 amide bonds. The van der Waals surface area contributed by atoms with E-state index in [1.807, 2.05) is 19.3 Å². The number of nitrogens with zero attached hydrogens (tertiary/aromatic N) is 1. The SMILES string of the molecule is CCOc1cncc(C2=CCC3C4CCC5CC(=O)OCCC5(C)C4CCC23C)c1. The van der Waals surface area contributed by atoms with Gasteiger partial charge in [0.25, 0.3) is 0 Å². The molecule has 6 atom stereocenters. The Bertz CT molecular complexity index is 864. The van der Waals surface area contributed by atoms with E-state index in [0.717, 1.165) is 18.1 Å². The molecule has 5 rings (SSSR count). The van der Waals surface area contributed by atoms with Crippen molar-refractivity contribution in [3.05, 3.63) is 30.1 Å². The lowest BCUT2D eigenvalue weighted by atomic mass is 9.46. The monoisotopic (exact) mass is 409 g/mol. The van der Waals surface area contributed by atoms with Crippen LogP contribution in [0.4, 0.5) is 0 Å². The fraction of sp³-hybridized carbons (Fsp3) is 0.692. The number of ether oxygens (including phenoxy) is 2. The normalized spacial score (nSPS) is 40.4. The summed E-state index contributed by atoms with van der Waals surface area (Å²) < 4.78 is 11.2. The molecule has 0 radical (unpaired) electrons. The molecule has 2 heterocycles. The molecule has 3 fully saturated rings. The second kappa shape index (κ2) is 7.39. The van der Waals surface area contributed by atoms with Gasteiger partial charge in [0.05, 0.1) is 19.4 Å². The van der Waals surface area contributed by atoms with Crippen molar-refractivity contribution in [3.63, 3.8) is 0 Å². The van der Waals surface area contributed by atoms with Crippen molar-refractivity contribution in [2.24, 2.45) is 34.5 Å². The van der Waals surface area contributed by atoms with Gasteiger partial charge in [-0.3, -0.25) is 9.78 Å². The van der Waals surface area contributed by atoms with Crippen molar-refractivity contribution in [3.8, 4) is 5.75 Å².